The molecule has 0 bridgehead atoms. The molecule has 0 N–H and O–H groups in total. The van der Waals surface area contributed by atoms with Crippen molar-refractivity contribution in [3.63, 3.8) is 0 Å². The third-order valence-corrected chi connectivity index (χ3v) is 4.38. The van der Waals surface area contributed by atoms with Gasteiger partial charge in [-0.3, -0.25) is 4.79 Å². The molecule has 1 unspecified atom stereocenters. The van der Waals surface area contributed by atoms with Crippen molar-refractivity contribution in [1.82, 2.24) is 4.57 Å². The number of hydrogen-bond donors (Lipinski definition) is 0. The molecule has 0 amide bonds. The van der Waals surface area contributed by atoms with Gasteiger partial charge in [0, 0.05) is 34.3 Å². The fourth-order valence-electron chi connectivity index (χ4n) is 3.25. The third kappa shape index (κ3) is 2.05. The van der Waals surface area contributed by atoms with Crippen LogP contribution < -0.4 is 0 Å². The molecule has 0 saturated carbocycles. The van der Waals surface area contributed by atoms with Crippen molar-refractivity contribution >= 4 is 27.6 Å². The molecule has 0 radical (unpaired) electrons. The van der Waals surface area contributed by atoms with Gasteiger partial charge in [0.05, 0.1) is 13.2 Å². The van der Waals surface area contributed by atoms with Crippen molar-refractivity contribution in [2.75, 3.05) is 13.2 Å². The number of carbonyl (C=O) groups excluding carboxylic acids is 1. The Hall–Kier alpha value is -2.13. The van der Waals surface area contributed by atoms with Crippen LogP contribution in [0.4, 0.5) is 0 Å². The van der Waals surface area contributed by atoms with E-state index in [-0.39, 0.29) is 11.7 Å². The second-order valence-corrected chi connectivity index (χ2v) is 5.65. The van der Waals surface area contributed by atoms with Crippen LogP contribution in [0, 0.1) is 5.92 Å². The number of Topliss-reactive ketones (excluding diaryl/α,β-unsaturated/α-hetero) is 1. The van der Waals surface area contributed by atoms with Crippen molar-refractivity contribution in [2.24, 2.45) is 5.92 Å². The van der Waals surface area contributed by atoms with Crippen LogP contribution >= 0.6 is 0 Å². The monoisotopic (exact) mass is 279 g/mol. The number of nitrogens with zero attached hydrogens (tertiary/aromatic N) is 1. The summed E-state index contributed by atoms with van der Waals surface area (Å²) in [7, 11) is 0. The van der Waals surface area contributed by atoms with E-state index < -0.39 is 0 Å². The zero-order valence-corrected chi connectivity index (χ0v) is 11.8. The standard InChI is InChI=1S/C18H17NO2/c20-18(13-9-10-21-12-13)11-19-16-7-3-1-5-14(16)15-6-2-4-8-17(15)19/h1-8,13H,9-12H2. The number of para-hydroxylation sites is 2. The topological polar surface area (TPSA) is 31.2 Å². The normalized spacial score (nSPS) is 18.6. The average molecular weight is 279 g/mol. The molecule has 0 aliphatic carbocycles. The van der Waals surface area contributed by atoms with Gasteiger partial charge in [-0.25, -0.2) is 0 Å². The highest BCUT2D eigenvalue weighted by Gasteiger charge is 2.24. The molecule has 21 heavy (non-hydrogen) atoms. The summed E-state index contributed by atoms with van der Waals surface area (Å²) in [4.78, 5) is 12.5. The number of fused-ring (bicyclic) bond motifs is 3. The molecule has 0 spiro atoms. The zero-order valence-electron chi connectivity index (χ0n) is 11.8. The smallest absolute Gasteiger partial charge is 0.157 e. The van der Waals surface area contributed by atoms with Crippen molar-refractivity contribution in [3.8, 4) is 0 Å². The van der Waals surface area contributed by atoms with E-state index in [0.717, 1.165) is 17.5 Å². The molecule has 4 rings (SSSR count). The lowest BCUT2D eigenvalue weighted by Crippen LogP contribution is -2.20. The Balaban J connectivity index is 1.83. The minimum Gasteiger partial charge on any atom is -0.381 e. The molecule has 106 valence electrons. The average Bonchev–Trinajstić information content (AvgIpc) is 3.15. The Morgan fingerprint density at radius 2 is 1.67 bits per heavy atom. The van der Waals surface area contributed by atoms with Gasteiger partial charge in [0.1, 0.15) is 0 Å². The van der Waals surface area contributed by atoms with Crippen molar-refractivity contribution in [2.45, 2.75) is 13.0 Å². The van der Waals surface area contributed by atoms with E-state index in [1.807, 2.05) is 24.3 Å². The highest BCUT2D eigenvalue weighted by Crippen LogP contribution is 2.29. The van der Waals surface area contributed by atoms with E-state index in [4.69, 9.17) is 4.74 Å². The van der Waals surface area contributed by atoms with E-state index in [1.165, 1.54) is 10.8 Å². The molecule has 1 aromatic heterocycles. The van der Waals surface area contributed by atoms with Gasteiger partial charge in [-0.1, -0.05) is 36.4 Å². The Kier molecular flexibility index (Phi) is 3.00. The third-order valence-electron chi connectivity index (χ3n) is 4.38. The Morgan fingerprint density at radius 1 is 1.05 bits per heavy atom. The predicted octanol–water partition coefficient (Wildman–Crippen LogP) is 3.40. The molecule has 1 saturated heterocycles. The second-order valence-electron chi connectivity index (χ2n) is 5.65. The Bertz CT molecular complexity index is 759. The number of benzene rings is 2. The van der Waals surface area contributed by atoms with Gasteiger partial charge < -0.3 is 9.30 Å². The molecular formula is C18H17NO2. The van der Waals surface area contributed by atoms with E-state index in [0.29, 0.717) is 19.8 Å². The highest BCUT2D eigenvalue weighted by molar-refractivity contribution is 6.08. The summed E-state index contributed by atoms with van der Waals surface area (Å²) in [6.07, 6.45) is 0.857. The Morgan fingerprint density at radius 3 is 2.24 bits per heavy atom. The summed E-state index contributed by atoms with van der Waals surface area (Å²) < 4.78 is 7.49. The van der Waals surface area contributed by atoms with Crippen LogP contribution in [0.5, 0.6) is 0 Å². The van der Waals surface area contributed by atoms with Gasteiger partial charge in [0.25, 0.3) is 0 Å². The van der Waals surface area contributed by atoms with Crippen LogP contribution in [-0.2, 0) is 16.1 Å². The molecule has 1 fully saturated rings. The predicted molar refractivity (Wildman–Crippen MR) is 83.4 cm³/mol. The SMILES string of the molecule is O=C(Cn1c2ccccc2c2ccccc21)C1CCOC1. The van der Waals surface area contributed by atoms with Crippen LogP contribution in [0.3, 0.4) is 0 Å². The fourth-order valence-corrected chi connectivity index (χ4v) is 3.25. The first-order valence-electron chi connectivity index (χ1n) is 7.41. The molecule has 1 atom stereocenters. The first-order valence-corrected chi connectivity index (χ1v) is 7.41. The van der Waals surface area contributed by atoms with Gasteiger partial charge >= 0.3 is 0 Å². The van der Waals surface area contributed by atoms with Crippen LogP contribution in [0.25, 0.3) is 21.8 Å². The number of carbonyl (C=O) groups is 1. The molecule has 2 heterocycles. The summed E-state index contributed by atoms with van der Waals surface area (Å²) in [5.41, 5.74) is 2.26. The number of aromatic nitrogens is 1. The van der Waals surface area contributed by atoms with Crippen molar-refractivity contribution in [3.05, 3.63) is 48.5 Å². The molecule has 3 heteroatoms. The summed E-state index contributed by atoms with van der Waals surface area (Å²) in [5.74, 6) is 0.337. The quantitative estimate of drug-likeness (QED) is 0.736. The second kappa shape index (κ2) is 5.01. The van der Waals surface area contributed by atoms with Crippen LogP contribution in [-0.4, -0.2) is 23.6 Å². The minimum absolute atomic E-state index is 0.0601. The first-order chi connectivity index (χ1) is 10.3. The summed E-state index contributed by atoms with van der Waals surface area (Å²) in [6, 6.07) is 16.6. The van der Waals surface area contributed by atoms with Crippen molar-refractivity contribution < 1.29 is 9.53 Å². The first kappa shape index (κ1) is 12.6. The zero-order chi connectivity index (χ0) is 14.2. The lowest BCUT2D eigenvalue weighted by atomic mass is 10.0. The van der Waals surface area contributed by atoms with Crippen LogP contribution in [0.15, 0.2) is 48.5 Å². The molecule has 1 aliphatic rings. The molecule has 3 aromatic rings. The number of ketones is 1. The van der Waals surface area contributed by atoms with Gasteiger partial charge in [0.2, 0.25) is 0 Å². The number of hydrogen-bond acceptors (Lipinski definition) is 2. The van der Waals surface area contributed by atoms with Gasteiger partial charge in [-0.2, -0.15) is 0 Å². The molecular weight excluding hydrogens is 262 g/mol. The number of rotatable bonds is 3. The van der Waals surface area contributed by atoms with Crippen molar-refractivity contribution in [1.29, 1.82) is 0 Å². The molecule has 1 aliphatic heterocycles. The van der Waals surface area contributed by atoms with Gasteiger partial charge in [-0.05, 0) is 18.6 Å². The van der Waals surface area contributed by atoms with Crippen LogP contribution in [0.2, 0.25) is 0 Å². The van der Waals surface area contributed by atoms with E-state index in [1.54, 1.807) is 0 Å². The lowest BCUT2D eigenvalue weighted by molar-refractivity contribution is -0.123. The van der Waals surface area contributed by atoms with Crippen LogP contribution in [0.1, 0.15) is 6.42 Å². The summed E-state index contributed by atoms with van der Waals surface area (Å²) in [5, 5.41) is 2.42. The largest absolute Gasteiger partial charge is 0.381 e. The van der Waals surface area contributed by atoms with Gasteiger partial charge in [0.15, 0.2) is 5.78 Å². The maximum atomic E-state index is 12.5. The highest BCUT2D eigenvalue weighted by atomic mass is 16.5. The van der Waals surface area contributed by atoms with E-state index in [2.05, 4.69) is 28.8 Å². The maximum Gasteiger partial charge on any atom is 0.157 e. The summed E-state index contributed by atoms with van der Waals surface area (Å²) >= 11 is 0. The van der Waals surface area contributed by atoms with E-state index >= 15 is 0 Å². The Labute approximate surface area is 123 Å². The lowest BCUT2D eigenvalue weighted by Gasteiger charge is -2.10. The number of ether oxygens (including phenoxy) is 1. The maximum absolute atomic E-state index is 12.5. The summed E-state index contributed by atoms with van der Waals surface area (Å²) in [6.45, 7) is 1.72. The minimum atomic E-state index is 0.0601. The van der Waals surface area contributed by atoms with Gasteiger partial charge in [-0.15, -0.1) is 0 Å². The fraction of sp³-hybridized carbons (Fsp3) is 0.278. The molecule has 2 aromatic carbocycles. The van der Waals surface area contributed by atoms with E-state index in [9.17, 15) is 4.79 Å². The molecule has 3 nitrogen and oxygen atoms in total.